The van der Waals surface area contributed by atoms with E-state index in [9.17, 15) is 14.7 Å². The first-order chi connectivity index (χ1) is 13.3. The van der Waals surface area contributed by atoms with E-state index in [4.69, 9.17) is 4.74 Å². The van der Waals surface area contributed by atoms with E-state index >= 15 is 0 Å². The standard InChI is InChI=1S/C24H35NO4/c1-22(2,3)17-9-7-16(8-10-17)20(26)25-19(21(27)28)15-29-24(25)13-11-18(12-14-24)23(4,5)6/h7-10,18-19H,11-15H2,1-6H3,(H,27,28)/t18?,19-,24?/m1/s1. The van der Waals surface area contributed by atoms with E-state index in [1.165, 1.54) is 4.90 Å². The minimum absolute atomic E-state index is 0.00546. The van der Waals surface area contributed by atoms with Crippen LogP contribution in [0.1, 0.15) is 83.1 Å². The Hall–Kier alpha value is -1.88. The molecule has 5 heteroatoms. The van der Waals surface area contributed by atoms with E-state index < -0.39 is 17.7 Å². The fourth-order valence-electron chi connectivity index (χ4n) is 4.74. The zero-order chi connectivity index (χ0) is 21.6. The highest BCUT2D eigenvalue weighted by Gasteiger charge is 2.54. The van der Waals surface area contributed by atoms with Crippen LogP contribution in [0.2, 0.25) is 0 Å². The maximum atomic E-state index is 13.5. The van der Waals surface area contributed by atoms with Crippen LogP contribution >= 0.6 is 0 Å². The zero-order valence-electron chi connectivity index (χ0n) is 18.6. The highest BCUT2D eigenvalue weighted by molar-refractivity contribution is 5.97. The van der Waals surface area contributed by atoms with Crippen LogP contribution in [-0.4, -0.2) is 40.3 Å². The molecule has 1 heterocycles. The first-order valence-corrected chi connectivity index (χ1v) is 10.7. The summed E-state index contributed by atoms with van der Waals surface area (Å²) in [4.78, 5) is 26.9. The molecular weight excluding hydrogens is 366 g/mol. The average Bonchev–Trinajstić information content (AvgIpc) is 2.99. The molecule has 1 aromatic carbocycles. The van der Waals surface area contributed by atoms with Crippen molar-refractivity contribution < 1.29 is 19.4 Å². The number of hydrogen-bond donors (Lipinski definition) is 1. The first kappa shape index (κ1) is 21.8. The molecule has 1 aliphatic heterocycles. The van der Waals surface area contributed by atoms with Crippen molar-refractivity contribution in [2.24, 2.45) is 11.3 Å². The molecule has 5 nitrogen and oxygen atoms in total. The first-order valence-electron chi connectivity index (χ1n) is 10.7. The normalized spacial score (nSPS) is 28.0. The molecule has 160 valence electrons. The van der Waals surface area contributed by atoms with Crippen molar-refractivity contribution in [1.82, 2.24) is 4.90 Å². The van der Waals surface area contributed by atoms with Gasteiger partial charge < -0.3 is 9.84 Å². The van der Waals surface area contributed by atoms with Gasteiger partial charge >= 0.3 is 5.97 Å². The molecule has 1 aromatic rings. The van der Waals surface area contributed by atoms with Gasteiger partial charge in [-0.05, 0) is 60.1 Å². The Bertz CT molecular complexity index is 762. The molecule has 1 aliphatic carbocycles. The SMILES string of the molecule is CC(C)(C)c1ccc(C(=O)N2[C@@H](C(=O)O)COC23CCC(C(C)(C)C)CC3)cc1. The Balaban J connectivity index is 1.88. The molecular formula is C24H35NO4. The molecule has 1 amide bonds. The second-order valence-corrected chi connectivity index (χ2v) is 10.8. The van der Waals surface area contributed by atoms with Gasteiger partial charge in [0.15, 0.2) is 6.04 Å². The summed E-state index contributed by atoms with van der Waals surface area (Å²) < 4.78 is 6.07. The highest BCUT2D eigenvalue weighted by atomic mass is 16.5. The smallest absolute Gasteiger partial charge is 0.328 e. The fraction of sp³-hybridized carbons (Fsp3) is 0.667. The second kappa shape index (κ2) is 7.42. The number of carbonyl (C=O) groups is 2. The minimum Gasteiger partial charge on any atom is -0.480 e. The van der Waals surface area contributed by atoms with E-state index in [0.29, 0.717) is 24.3 Å². The maximum Gasteiger partial charge on any atom is 0.328 e. The third-order valence-corrected chi connectivity index (χ3v) is 6.75. The summed E-state index contributed by atoms with van der Waals surface area (Å²) in [6, 6.07) is 6.62. The number of rotatable bonds is 2. The van der Waals surface area contributed by atoms with E-state index in [0.717, 1.165) is 18.4 Å². The molecule has 3 rings (SSSR count). The summed E-state index contributed by atoms with van der Waals surface area (Å²) in [5, 5.41) is 9.75. The van der Waals surface area contributed by atoms with Gasteiger partial charge in [-0.25, -0.2) is 4.79 Å². The lowest BCUT2D eigenvalue weighted by molar-refractivity contribution is -0.144. The third kappa shape index (κ3) is 4.20. The molecule has 0 aromatic heterocycles. The van der Waals surface area contributed by atoms with Crippen LogP contribution in [0.4, 0.5) is 0 Å². The fourth-order valence-corrected chi connectivity index (χ4v) is 4.74. The Morgan fingerprint density at radius 1 is 1.03 bits per heavy atom. The Morgan fingerprint density at radius 2 is 1.59 bits per heavy atom. The van der Waals surface area contributed by atoms with Crippen molar-refractivity contribution in [3.05, 3.63) is 35.4 Å². The van der Waals surface area contributed by atoms with Gasteiger partial charge in [-0.2, -0.15) is 0 Å². The number of carboxylic acid groups (broad SMARTS) is 1. The second-order valence-electron chi connectivity index (χ2n) is 10.8. The van der Waals surface area contributed by atoms with Crippen molar-refractivity contribution in [2.75, 3.05) is 6.61 Å². The monoisotopic (exact) mass is 401 g/mol. The van der Waals surface area contributed by atoms with Gasteiger partial charge in [-0.1, -0.05) is 53.7 Å². The van der Waals surface area contributed by atoms with Gasteiger partial charge in [0.2, 0.25) is 0 Å². The quantitative estimate of drug-likeness (QED) is 0.770. The molecule has 1 spiro atoms. The molecule has 2 aliphatic rings. The summed E-state index contributed by atoms with van der Waals surface area (Å²) in [7, 11) is 0. The van der Waals surface area contributed by atoms with Gasteiger partial charge in [0, 0.05) is 5.56 Å². The van der Waals surface area contributed by atoms with Crippen LogP contribution in [0.3, 0.4) is 0 Å². The Morgan fingerprint density at radius 3 is 2.03 bits per heavy atom. The highest BCUT2D eigenvalue weighted by Crippen LogP contribution is 2.47. The number of carboxylic acids is 1. The summed E-state index contributed by atoms with van der Waals surface area (Å²) in [5.41, 5.74) is 1.05. The lowest BCUT2D eigenvalue weighted by atomic mass is 9.70. The number of amides is 1. The third-order valence-electron chi connectivity index (χ3n) is 6.75. The molecule has 0 unspecified atom stereocenters. The van der Waals surface area contributed by atoms with Crippen LogP contribution in [-0.2, 0) is 14.9 Å². The van der Waals surface area contributed by atoms with E-state index in [1.807, 2.05) is 24.3 Å². The van der Waals surface area contributed by atoms with Crippen molar-refractivity contribution in [3.8, 4) is 0 Å². The Kier molecular flexibility index (Phi) is 5.59. The molecule has 29 heavy (non-hydrogen) atoms. The molecule has 0 bridgehead atoms. The lowest BCUT2D eigenvalue weighted by Crippen LogP contribution is -2.55. The van der Waals surface area contributed by atoms with Crippen molar-refractivity contribution in [1.29, 1.82) is 0 Å². The largest absolute Gasteiger partial charge is 0.480 e. The average molecular weight is 402 g/mol. The lowest BCUT2D eigenvalue weighted by Gasteiger charge is -2.46. The van der Waals surface area contributed by atoms with E-state index in [-0.39, 0.29) is 23.3 Å². The van der Waals surface area contributed by atoms with Crippen LogP contribution < -0.4 is 0 Å². The van der Waals surface area contributed by atoms with E-state index in [1.54, 1.807) is 0 Å². The number of nitrogens with zero attached hydrogens (tertiary/aromatic N) is 1. The predicted octanol–water partition coefficient (Wildman–Crippen LogP) is 4.84. The van der Waals surface area contributed by atoms with Crippen molar-refractivity contribution >= 4 is 11.9 Å². The van der Waals surface area contributed by atoms with Crippen LogP contribution in [0.15, 0.2) is 24.3 Å². The summed E-state index contributed by atoms with van der Waals surface area (Å²) in [5.74, 6) is -0.701. The van der Waals surface area contributed by atoms with Crippen molar-refractivity contribution in [2.45, 2.75) is 84.4 Å². The predicted molar refractivity (Wildman–Crippen MR) is 113 cm³/mol. The number of carbonyl (C=O) groups excluding carboxylic acids is 1. The van der Waals surface area contributed by atoms with E-state index in [2.05, 4.69) is 41.5 Å². The minimum atomic E-state index is -1.00. The maximum absolute atomic E-state index is 13.5. The van der Waals surface area contributed by atoms with Crippen molar-refractivity contribution in [3.63, 3.8) is 0 Å². The summed E-state index contributed by atoms with van der Waals surface area (Å²) in [6.45, 7) is 13.2. The summed E-state index contributed by atoms with van der Waals surface area (Å²) >= 11 is 0. The number of aliphatic carboxylic acids is 1. The molecule has 1 saturated carbocycles. The molecule has 1 saturated heterocycles. The zero-order valence-corrected chi connectivity index (χ0v) is 18.6. The number of hydrogen-bond acceptors (Lipinski definition) is 3. The number of benzene rings is 1. The topological polar surface area (TPSA) is 66.8 Å². The van der Waals surface area contributed by atoms with Gasteiger partial charge in [-0.15, -0.1) is 0 Å². The molecule has 2 fully saturated rings. The van der Waals surface area contributed by atoms with Crippen LogP contribution in [0.5, 0.6) is 0 Å². The van der Waals surface area contributed by atoms with Gasteiger partial charge in [0.25, 0.3) is 5.91 Å². The van der Waals surface area contributed by atoms with Gasteiger partial charge in [-0.3, -0.25) is 9.69 Å². The number of ether oxygens (including phenoxy) is 1. The Labute approximate surface area is 174 Å². The molecule has 0 radical (unpaired) electrons. The van der Waals surface area contributed by atoms with Crippen LogP contribution in [0, 0.1) is 11.3 Å². The van der Waals surface area contributed by atoms with Gasteiger partial charge in [0.05, 0.1) is 6.61 Å². The summed E-state index contributed by atoms with van der Waals surface area (Å²) in [6.07, 6.45) is 3.24. The van der Waals surface area contributed by atoms with Gasteiger partial charge in [0.1, 0.15) is 5.72 Å². The molecule has 1 N–H and O–H groups in total. The van der Waals surface area contributed by atoms with Crippen LogP contribution in [0.25, 0.3) is 0 Å². The molecule has 1 atom stereocenters.